The number of hydrogen-bond donors (Lipinski definition) is 1. The second-order valence-electron chi connectivity index (χ2n) is 8.45. The monoisotopic (exact) mass is 445 g/mol. The van der Waals surface area contributed by atoms with E-state index in [0.29, 0.717) is 62.4 Å². The number of amides is 3. The zero-order valence-electron chi connectivity index (χ0n) is 19.2. The van der Waals surface area contributed by atoms with E-state index in [0.717, 1.165) is 25.9 Å². The Labute approximate surface area is 190 Å². The summed E-state index contributed by atoms with van der Waals surface area (Å²) in [7, 11) is 0. The summed E-state index contributed by atoms with van der Waals surface area (Å²) in [5, 5.41) is 2.94. The molecule has 0 bridgehead atoms. The maximum Gasteiger partial charge on any atom is 0.231 e. The Bertz CT molecular complexity index is 799. The van der Waals surface area contributed by atoms with Crippen LogP contribution in [-0.4, -0.2) is 60.5 Å². The zero-order chi connectivity index (χ0) is 22.9. The van der Waals surface area contributed by atoms with Crippen LogP contribution in [0.2, 0.25) is 0 Å². The molecule has 1 aromatic carbocycles. The molecule has 3 amide bonds. The second-order valence-corrected chi connectivity index (χ2v) is 8.45. The third kappa shape index (κ3) is 6.37. The first-order chi connectivity index (χ1) is 15.5. The van der Waals surface area contributed by atoms with Gasteiger partial charge in [-0.15, -0.1) is 0 Å². The van der Waals surface area contributed by atoms with Gasteiger partial charge in [0.25, 0.3) is 0 Å². The van der Waals surface area contributed by atoms with Gasteiger partial charge in [-0.1, -0.05) is 13.8 Å². The van der Waals surface area contributed by atoms with Crippen molar-refractivity contribution in [2.45, 2.75) is 58.8 Å². The van der Waals surface area contributed by atoms with Gasteiger partial charge in [0.1, 0.15) is 0 Å². The highest BCUT2D eigenvalue weighted by molar-refractivity contribution is 5.93. The maximum absolute atomic E-state index is 12.6. The van der Waals surface area contributed by atoms with E-state index in [1.165, 1.54) is 0 Å². The van der Waals surface area contributed by atoms with Crippen LogP contribution in [0, 0.1) is 5.92 Å². The van der Waals surface area contributed by atoms with E-state index in [1.54, 1.807) is 18.2 Å². The number of hydrogen-bond acceptors (Lipinski definition) is 5. The molecular weight excluding hydrogens is 410 g/mol. The Morgan fingerprint density at radius 1 is 1.03 bits per heavy atom. The van der Waals surface area contributed by atoms with Gasteiger partial charge in [0.15, 0.2) is 11.5 Å². The number of ether oxygens (including phenoxy) is 2. The molecular formula is C24H35N3O5. The maximum atomic E-state index is 12.6. The minimum atomic E-state index is -0.123. The van der Waals surface area contributed by atoms with Gasteiger partial charge in [0.05, 0.1) is 0 Å². The van der Waals surface area contributed by atoms with E-state index in [4.69, 9.17) is 9.47 Å². The molecule has 2 heterocycles. The molecule has 0 saturated carbocycles. The van der Waals surface area contributed by atoms with Gasteiger partial charge >= 0.3 is 0 Å². The molecule has 0 spiro atoms. The Kier molecular flexibility index (Phi) is 8.76. The first-order valence-corrected chi connectivity index (χ1v) is 11.8. The summed E-state index contributed by atoms with van der Waals surface area (Å²) in [6, 6.07) is 5.35. The van der Waals surface area contributed by atoms with E-state index in [9.17, 15) is 14.4 Å². The molecule has 176 valence electrons. The number of rotatable bonds is 10. The number of nitrogens with one attached hydrogen (secondary N) is 1. The molecule has 32 heavy (non-hydrogen) atoms. The first-order valence-electron chi connectivity index (χ1n) is 11.8. The summed E-state index contributed by atoms with van der Waals surface area (Å²) in [4.78, 5) is 41.3. The number of likely N-dealkylation sites (tertiary alicyclic amines) is 1. The number of anilines is 1. The van der Waals surface area contributed by atoms with Gasteiger partial charge in [-0.3, -0.25) is 14.4 Å². The molecule has 2 aliphatic rings. The van der Waals surface area contributed by atoms with Crippen molar-refractivity contribution in [3.8, 4) is 11.5 Å². The molecule has 1 N–H and O–H groups in total. The number of benzene rings is 1. The number of fused-ring (bicyclic) bond motifs is 1. The zero-order valence-corrected chi connectivity index (χ0v) is 19.2. The summed E-state index contributed by atoms with van der Waals surface area (Å²) in [6.07, 6.45) is 4.55. The van der Waals surface area contributed by atoms with E-state index in [2.05, 4.69) is 19.2 Å². The minimum absolute atomic E-state index is 0.0338. The lowest BCUT2D eigenvalue weighted by Crippen LogP contribution is -2.41. The Balaban J connectivity index is 1.37. The fourth-order valence-electron chi connectivity index (χ4n) is 4.22. The van der Waals surface area contributed by atoms with Gasteiger partial charge in [-0.05, 0) is 44.2 Å². The molecule has 0 atom stereocenters. The van der Waals surface area contributed by atoms with Crippen LogP contribution in [-0.2, 0) is 14.4 Å². The van der Waals surface area contributed by atoms with E-state index in [-0.39, 0.29) is 30.4 Å². The smallest absolute Gasteiger partial charge is 0.231 e. The predicted octanol–water partition coefficient (Wildman–Crippen LogP) is 3.41. The van der Waals surface area contributed by atoms with Crippen molar-refractivity contribution in [1.29, 1.82) is 0 Å². The normalized spacial score (nSPS) is 15.5. The van der Waals surface area contributed by atoms with Crippen molar-refractivity contribution in [2.24, 2.45) is 5.92 Å². The summed E-state index contributed by atoms with van der Waals surface area (Å²) < 4.78 is 10.6. The van der Waals surface area contributed by atoms with Gasteiger partial charge in [0, 0.05) is 56.7 Å². The highest BCUT2D eigenvalue weighted by Gasteiger charge is 2.27. The molecule has 0 unspecified atom stereocenters. The van der Waals surface area contributed by atoms with Gasteiger partial charge in [-0.25, -0.2) is 0 Å². The molecule has 2 aliphatic heterocycles. The Hall–Kier alpha value is -2.77. The number of carbonyl (C=O) groups is 3. The number of piperidine rings is 1. The summed E-state index contributed by atoms with van der Waals surface area (Å²) in [5.74, 6) is 1.37. The van der Waals surface area contributed by atoms with E-state index < -0.39 is 0 Å². The number of carbonyl (C=O) groups excluding carboxylic acids is 3. The molecule has 0 aliphatic carbocycles. The van der Waals surface area contributed by atoms with Crippen molar-refractivity contribution in [1.82, 2.24) is 9.80 Å². The third-order valence-electron chi connectivity index (χ3n) is 5.98. The summed E-state index contributed by atoms with van der Waals surface area (Å²) in [6.45, 7) is 7.04. The average molecular weight is 446 g/mol. The molecule has 1 saturated heterocycles. The predicted molar refractivity (Wildman–Crippen MR) is 122 cm³/mol. The molecule has 8 heteroatoms. The van der Waals surface area contributed by atoms with Crippen LogP contribution in [0.15, 0.2) is 18.2 Å². The molecule has 8 nitrogen and oxygen atoms in total. The fraction of sp³-hybridized carbons (Fsp3) is 0.625. The van der Waals surface area contributed by atoms with Crippen LogP contribution in [0.25, 0.3) is 0 Å². The quantitative estimate of drug-likeness (QED) is 0.596. The molecule has 0 radical (unpaired) electrons. The summed E-state index contributed by atoms with van der Waals surface area (Å²) in [5.41, 5.74) is 0.683. The van der Waals surface area contributed by atoms with Crippen LogP contribution < -0.4 is 14.8 Å². The van der Waals surface area contributed by atoms with Gasteiger partial charge in [0.2, 0.25) is 24.5 Å². The Morgan fingerprint density at radius 3 is 2.41 bits per heavy atom. The van der Waals surface area contributed by atoms with Crippen LogP contribution >= 0.6 is 0 Å². The third-order valence-corrected chi connectivity index (χ3v) is 5.98. The first kappa shape index (κ1) is 23.9. The molecule has 3 rings (SSSR count). The van der Waals surface area contributed by atoms with Crippen LogP contribution in [0.3, 0.4) is 0 Å². The summed E-state index contributed by atoms with van der Waals surface area (Å²) >= 11 is 0. The van der Waals surface area contributed by atoms with Gasteiger partial charge in [-0.2, -0.15) is 0 Å². The average Bonchev–Trinajstić information content (AvgIpc) is 3.26. The SMILES string of the molecule is CCCN(CCC)C(=O)CCCC(=O)N1CCC(C(=O)Nc2ccc3c(c2)OCO3)CC1. The van der Waals surface area contributed by atoms with Crippen molar-refractivity contribution in [3.05, 3.63) is 18.2 Å². The minimum Gasteiger partial charge on any atom is -0.454 e. The van der Waals surface area contributed by atoms with E-state index in [1.807, 2.05) is 9.80 Å². The largest absolute Gasteiger partial charge is 0.454 e. The standard InChI is InChI=1S/C24H35N3O5/c1-3-12-26(13-4-2)22(28)6-5-7-23(29)27-14-10-18(11-15-27)24(30)25-19-8-9-20-21(16-19)32-17-31-20/h8-9,16,18H,3-7,10-15,17H2,1-2H3,(H,25,30). The van der Waals surface area contributed by atoms with Crippen LogP contribution in [0.5, 0.6) is 11.5 Å². The van der Waals surface area contributed by atoms with Crippen molar-refractivity contribution < 1.29 is 23.9 Å². The molecule has 1 fully saturated rings. The second kappa shape index (κ2) is 11.7. The molecule has 1 aromatic rings. The van der Waals surface area contributed by atoms with E-state index >= 15 is 0 Å². The Morgan fingerprint density at radius 2 is 1.72 bits per heavy atom. The van der Waals surface area contributed by atoms with Crippen molar-refractivity contribution in [2.75, 3.05) is 38.3 Å². The topological polar surface area (TPSA) is 88.2 Å². The van der Waals surface area contributed by atoms with Crippen LogP contribution in [0.1, 0.15) is 58.8 Å². The van der Waals surface area contributed by atoms with Gasteiger partial charge < -0.3 is 24.6 Å². The van der Waals surface area contributed by atoms with Crippen molar-refractivity contribution in [3.63, 3.8) is 0 Å². The van der Waals surface area contributed by atoms with Crippen molar-refractivity contribution >= 4 is 23.4 Å². The lowest BCUT2D eigenvalue weighted by atomic mass is 9.95. The highest BCUT2D eigenvalue weighted by atomic mass is 16.7. The number of nitrogens with zero attached hydrogens (tertiary/aromatic N) is 2. The lowest BCUT2D eigenvalue weighted by Gasteiger charge is -2.31. The lowest BCUT2D eigenvalue weighted by molar-refractivity contribution is -0.135. The molecule has 0 aromatic heterocycles. The fourth-order valence-corrected chi connectivity index (χ4v) is 4.22. The van der Waals surface area contributed by atoms with Crippen LogP contribution in [0.4, 0.5) is 5.69 Å². The highest BCUT2D eigenvalue weighted by Crippen LogP contribution is 2.34.